The molecular formula is C21H32N6O. The zero-order valence-electron chi connectivity index (χ0n) is 17.8. The van der Waals surface area contributed by atoms with Gasteiger partial charge in [0.2, 0.25) is 5.91 Å². The van der Waals surface area contributed by atoms with Gasteiger partial charge >= 0.3 is 0 Å². The fraction of sp³-hybridized carbons (Fsp3) is 0.476. The highest BCUT2D eigenvalue weighted by Crippen LogP contribution is 2.14. The second-order valence-electron chi connectivity index (χ2n) is 7.31. The Morgan fingerprint density at radius 3 is 2.50 bits per heavy atom. The SMILES string of the molecule is Cc1nn(C)c(C)c1CC(C)NC(=NCc1ccccc1)NCC(=O)N(C)C. The number of benzene rings is 1. The van der Waals surface area contributed by atoms with Crippen LogP contribution >= 0.6 is 0 Å². The average molecular weight is 385 g/mol. The van der Waals surface area contributed by atoms with Crippen molar-refractivity contribution < 1.29 is 4.79 Å². The maximum atomic E-state index is 12.0. The Hall–Kier alpha value is -2.83. The molecule has 1 heterocycles. The van der Waals surface area contributed by atoms with Gasteiger partial charge in [-0.15, -0.1) is 0 Å². The number of amides is 1. The number of carbonyl (C=O) groups is 1. The molecule has 0 saturated carbocycles. The van der Waals surface area contributed by atoms with Crippen molar-refractivity contribution in [1.82, 2.24) is 25.3 Å². The number of nitrogens with zero attached hydrogens (tertiary/aromatic N) is 4. The van der Waals surface area contributed by atoms with Crippen LogP contribution in [-0.4, -0.2) is 53.2 Å². The molecular weight excluding hydrogens is 352 g/mol. The van der Waals surface area contributed by atoms with Crippen molar-refractivity contribution in [3.8, 4) is 0 Å². The molecule has 0 aliphatic carbocycles. The monoisotopic (exact) mass is 384 g/mol. The molecule has 1 aromatic heterocycles. The highest BCUT2D eigenvalue weighted by atomic mass is 16.2. The summed E-state index contributed by atoms with van der Waals surface area (Å²) in [5.41, 5.74) is 4.58. The van der Waals surface area contributed by atoms with Gasteiger partial charge in [0.25, 0.3) is 0 Å². The van der Waals surface area contributed by atoms with Crippen LogP contribution in [0.25, 0.3) is 0 Å². The Morgan fingerprint density at radius 1 is 1.25 bits per heavy atom. The van der Waals surface area contributed by atoms with Crippen LogP contribution in [0.2, 0.25) is 0 Å². The first kappa shape index (κ1) is 21.5. The van der Waals surface area contributed by atoms with E-state index < -0.39 is 0 Å². The lowest BCUT2D eigenvalue weighted by Crippen LogP contribution is -2.46. The molecule has 0 bridgehead atoms. The summed E-state index contributed by atoms with van der Waals surface area (Å²) >= 11 is 0. The second-order valence-corrected chi connectivity index (χ2v) is 7.31. The number of likely N-dealkylation sites (N-methyl/N-ethyl adjacent to an activating group) is 1. The number of carbonyl (C=O) groups excluding carboxylic acids is 1. The van der Waals surface area contributed by atoms with E-state index in [9.17, 15) is 4.79 Å². The Bertz CT molecular complexity index is 810. The van der Waals surface area contributed by atoms with Crippen molar-refractivity contribution in [3.63, 3.8) is 0 Å². The summed E-state index contributed by atoms with van der Waals surface area (Å²) in [4.78, 5) is 18.2. The van der Waals surface area contributed by atoms with Crippen molar-refractivity contribution in [2.24, 2.45) is 12.0 Å². The molecule has 0 radical (unpaired) electrons. The van der Waals surface area contributed by atoms with Gasteiger partial charge < -0.3 is 15.5 Å². The van der Waals surface area contributed by atoms with Gasteiger partial charge in [-0.05, 0) is 38.3 Å². The first-order valence-corrected chi connectivity index (χ1v) is 9.56. The van der Waals surface area contributed by atoms with Gasteiger partial charge in [-0.25, -0.2) is 4.99 Å². The molecule has 1 unspecified atom stereocenters. The minimum absolute atomic E-state index is 0.000752. The second kappa shape index (κ2) is 9.92. The molecule has 2 aromatic rings. The van der Waals surface area contributed by atoms with E-state index in [0.29, 0.717) is 12.5 Å². The zero-order valence-corrected chi connectivity index (χ0v) is 17.8. The van der Waals surface area contributed by atoms with Crippen LogP contribution in [0.4, 0.5) is 0 Å². The zero-order chi connectivity index (χ0) is 20.7. The Morgan fingerprint density at radius 2 is 1.93 bits per heavy atom. The number of rotatable bonds is 7. The Kier molecular flexibility index (Phi) is 7.61. The van der Waals surface area contributed by atoms with Crippen LogP contribution in [0.3, 0.4) is 0 Å². The third-order valence-corrected chi connectivity index (χ3v) is 4.72. The van der Waals surface area contributed by atoms with E-state index in [1.807, 2.05) is 49.0 Å². The molecule has 28 heavy (non-hydrogen) atoms. The standard InChI is InChI=1S/C21H32N6O/c1-15(12-19-16(2)25-27(6)17(19)3)24-21(23-14-20(28)26(4)5)22-13-18-10-8-7-9-11-18/h7-11,15H,12-14H2,1-6H3,(H2,22,23,24). The molecule has 1 aromatic carbocycles. The number of aryl methyl sites for hydroxylation is 2. The van der Waals surface area contributed by atoms with E-state index in [-0.39, 0.29) is 18.5 Å². The predicted octanol–water partition coefficient (Wildman–Crippen LogP) is 1.79. The van der Waals surface area contributed by atoms with Crippen molar-refractivity contribution in [2.45, 2.75) is 39.8 Å². The number of aliphatic imine (C=N–C) groups is 1. The molecule has 1 amide bonds. The average Bonchev–Trinajstić information content (AvgIpc) is 2.90. The Labute approximate surface area is 167 Å². The minimum Gasteiger partial charge on any atom is -0.354 e. The molecule has 7 nitrogen and oxygen atoms in total. The summed E-state index contributed by atoms with van der Waals surface area (Å²) in [5.74, 6) is 0.631. The summed E-state index contributed by atoms with van der Waals surface area (Å²) in [6, 6.07) is 10.2. The molecule has 1 atom stereocenters. The summed E-state index contributed by atoms with van der Waals surface area (Å²) in [6.45, 7) is 6.97. The Balaban J connectivity index is 2.07. The molecule has 0 fully saturated rings. The van der Waals surface area contributed by atoms with Gasteiger partial charge in [0.1, 0.15) is 0 Å². The molecule has 0 saturated heterocycles. The van der Waals surface area contributed by atoms with Crippen molar-refractivity contribution >= 4 is 11.9 Å². The van der Waals surface area contributed by atoms with E-state index in [4.69, 9.17) is 0 Å². The van der Waals surface area contributed by atoms with E-state index >= 15 is 0 Å². The fourth-order valence-electron chi connectivity index (χ4n) is 2.93. The topological polar surface area (TPSA) is 74.5 Å². The number of aromatic nitrogens is 2. The normalized spacial score (nSPS) is 12.6. The van der Waals surface area contributed by atoms with Crippen LogP contribution in [0.15, 0.2) is 35.3 Å². The lowest BCUT2D eigenvalue weighted by Gasteiger charge is -2.19. The minimum atomic E-state index is 0.000752. The van der Waals surface area contributed by atoms with Crippen molar-refractivity contribution in [3.05, 3.63) is 52.8 Å². The molecule has 0 spiro atoms. The number of guanidine groups is 1. The number of hydrogen-bond donors (Lipinski definition) is 2. The highest BCUT2D eigenvalue weighted by Gasteiger charge is 2.15. The molecule has 152 valence electrons. The van der Waals surface area contributed by atoms with Crippen LogP contribution in [-0.2, 0) is 24.8 Å². The maximum Gasteiger partial charge on any atom is 0.241 e. The van der Waals surface area contributed by atoms with E-state index in [2.05, 4.69) is 34.6 Å². The van der Waals surface area contributed by atoms with Gasteiger partial charge in [-0.1, -0.05) is 30.3 Å². The summed E-state index contributed by atoms with van der Waals surface area (Å²) in [5, 5.41) is 11.1. The van der Waals surface area contributed by atoms with Crippen LogP contribution in [0.5, 0.6) is 0 Å². The van der Waals surface area contributed by atoms with Crippen LogP contribution in [0, 0.1) is 13.8 Å². The van der Waals surface area contributed by atoms with Gasteiger partial charge in [-0.3, -0.25) is 9.48 Å². The van der Waals surface area contributed by atoms with E-state index in [1.54, 1.807) is 19.0 Å². The molecule has 0 aliphatic rings. The fourth-order valence-corrected chi connectivity index (χ4v) is 2.93. The first-order chi connectivity index (χ1) is 13.3. The van der Waals surface area contributed by atoms with Gasteiger partial charge in [-0.2, -0.15) is 5.10 Å². The molecule has 2 rings (SSSR count). The summed E-state index contributed by atoms with van der Waals surface area (Å²) in [6.07, 6.45) is 0.833. The van der Waals surface area contributed by atoms with Crippen molar-refractivity contribution in [2.75, 3.05) is 20.6 Å². The summed E-state index contributed by atoms with van der Waals surface area (Å²) in [7, 11) is 5.45. The van der Waals surface area contributed by atoms with Gasteiger partial charge in [0.15, 0.2) is 5.96 Å². The molecule has 0 aliphatic heterocycles. The lowest BCUT2D eigenvalue weighted by molar-refractivity contribution is -0.127. The largest absolute Gasteiger partial charge is 0.354 e. The van der Waals surface area contributed by atoms with Gasteiger partial charge in [0.05, 0.1) is 18.8 Å². The van der Waals surface area contributed by atoms with Crippen LogP contribution in [0.1, 0.15) is 29.4 Å². The van der Waals surface area contributed by atoms with Crippen molar-refractivity contribution in [1.29, 1.82) is 0 Å². The molecule has 7 heteroatoms. The third-order valence-electron chi connectivity index (χ3n) is 4.72. The first-order valence-electron chi connectivity index (χ1n) is 9.56. The third kappa shape index (κ3) is 6.11. The molecule has 2 N–H and O–H groups in total. The van der Waals surface area contributed by atoms with E-state index in [1.165, 1.54) is 11.3 Å². The lowest BCUT2D eigenvalue weighted by atomic mass is 10.1. The predicted molar refractivity (Wildman–Crippen MR) is 113 cm³/mol. The van der Waals surface area contributed by atoms with Crippen LogP contribution < -0.4 is 10.6 Å². The number of hydrogen-bond acceptors (Lipinski definition) is 3. The maximum absolute atomic E-state index is 12.0. The summed E-state index contributed by atoms with van der Waals surface area (Å²) < 4.78 is 1.91. The smallest absolute Gasteiger partial charge is 0.241 e. The van der Waals surface area contributed by atoms with Gasteiger partial charge in [0, 0.05) is 32.9 Å². The highest BCUT2D eigenvalue weighted by molar-refractivity contribution is 5.86. The van der Waals surface area contributed by atoms with E-state index in [0.717, 1.165) is 17.7 Å². The quantitative estimate of drug-likeness (QED) is 0.564. The number of nitrogens with one attached hydrogen (secondary N) is 2.